The fraction of sp³-hybridized carbons (Fsp3) is 0.154. The van der Waals surface area contributed by atoms with E-state index in [1.807, 2.05) is 39.0 Å². The van der Waals surface area contributed by atoms with Crippen LogP contribution in [0.15, 0.2) is 69.9 Å². The van der Waals surface area contributed by atoms with E-state index in [1.54, 1.807) is 42.5 Å². The van der Waals surface area contributed by atoms with Gasteiger partial charge < -0.3 is 9.15 Å². The maximum Gasteiger partial charge on any atom is 0.235 e. The molecular weight excluding hydrogens is 412 g/mol. The Balaban J connectivity index is 1.77. The second-order valence-corrected chi connectivity index (χ2v) is 8.04. The van der Waals surface area contributed by atoms with E-state index in [4.69, 9.17) is 20.8 Å². The number of rotatable bonds is 5. The molecule has 3 aromatic carbocycles. The van der Waals surface area contributed by atoms with E-state index in [1.165, 1.54) is 0 Å². The zero-order valence-electron chi connectivity index (χ0n) is 17.5. The summed E-state index contributed by atoms with van der Waals surface area (Å²) in [6.45, 7) is 5.59. The van der Waals surface area contributed by atoms with Crippen LogP contribution in [0.2, 0.25) is 5.02 Å². The summed E-state index contributed by atoms with van der Waals surface area (Å²) >= 11 is 6.01. The van der Waals surface area contributed by atoms with Crippen LogP contribution in [-0.4, -0.2) is 12.4 Å². The lowest BCUT2D eigenvalue weighted by Crippen LogP contribution is -2.17. The molecule has 0 amide bonds. The molecule has 0 saturated carbocycles. The maximum atomic E-state index is 13.2. The van der Waals surface area contributed by atoms with Gasteiger partial charge in [-0.1, -0.05) is 29.8 Å². The van der Waals surface area contributed by atoms with Gasteiger partial charge in [-0.15, -0.1) is 0 Å². The molecule has 0 unspecified atom stereocenters. The topological polar surface area (TPSA) is 56.5 Å². The van der Waals surface area contributed by atoms with E-state index in [9.17, 15) is 9.59 Å². The van der Waals surface area contributed by atoms with E-state index in [2.05, 4.69) is 0 Å². The van der Waals surface area contributed by atoms with Crippen molar-refractivity contribution in [3.8, 4) is 17.1 Å². The standard InChI is InChI=1S/C26H21ClO4/c1-15-4-11-21-23(12-15)31-25(18-7-9-20(27)10-8-18)26(24(21)29)30-14-22(28)19-6-5-16(2)17(3)13-19/h4-13H,14H2,1-3H3. The van der Waals surface area contributed by atoms with E-state index in [-0.39, 0.29) is 29.3 Å². The summed E-state index contributed by atoms with van der Waals surface area (Å²) in [7, 11) is 0. The highest BCUT2D eigenvalue weighted by atomic mass is 35.5. The summed E-state index contributed by atoms with van der Waals surface area (Å²) in [5, 5.41) is 0.965. The van der Waals surface area contributed by atoms with Gasteiger partial charge in [-0.3, -0.25) is 9.59 Å². The number of benzene rings is 3. The molecule has 0 spiro atoms. The monoisotopic (exact) mass is 432 g/mol. The van der Waals surface area contributed by atoms with Crippen molar-refractivity contribution < 1.29 is 13.9 Å². The van der Waals surface area contributed by atoms with Crippen LogP contribution in [0.5, 0.6) is 5.75 Å². The Morgan fingerprint density at radius 2 is 1.68 bits per heavy atom. The number of carbonyl (C=O) groups excluding carboxylic acids is 1. The molecule has 1 heterocycles. The van der Waals surface area contributed by atoms with Crippen molar-refractivity contribution >= 4 is 28.4 Å². The first-order valence-electron chi connectivity index (χ1n) is 9.90. The molecule has 0 aliphatic heterocycles. The van der Waals surface area contributed by atoms with Gasteiger partial charge in [0.1, 0.15) is 5.58 Å². The third kappa shape index (κ3) is 4.25. The molecule has 0 radical (unpaired) electrons. The number of carbonyl (C=O) groups is 1. The van der Waals surface area contributed by atoms with E-state index in [0.29, 0.717) is 27.1 Å². The van der Waals surface area contributed by atoms with Crippen LogP contribution in [0.4, 0.5) is 0 Å². The molecule has 4 aromatic rings. The van der Waals surface area contributed by atoms with Gasteiger partial charge in [0.15, 0.2) is 18.2 Å². The van der Waals surface area contributed by atoms with Crippen LogP contribution >= 0.6 is 11.6 Å². The lowest BCUT2D eigenvalue weighted by atomic mass is 10.0. The maximum absolute atomic E-state index is 13.2. The predicted octanol–water partition coefficient (Wildman–Crippen LogP) is 6.30. The number of aryl methyl sites for hydroxylation is 3. The van der Waals surface area contributed by atoms with Crippen LogP contribution < -0.4 is 10.2 Å². The number of hydrogen-bond acceptors (Lipinski definition) is 4. The second kappa shape index (κ2) is 8.40. The highest BCUT2D eigenvalue weighted by Crippen LogP contribution is 2.32. The van der Waals surface area contributed by atoms with Crippen molar-refractivity contribution in [3.63, 3.8) is 0 Å². The normalized spacial score (nSPS) is 11.0. The first-order valence-corrected chi connectivity index (χ1v) is 10.3. The summed E-state index contributed by atoms with van der Waals surface area (Å²) in [6.07, 6.45) is 0. The third-order valence-electron chi connectivity index (χ3n) is 5.29. The summed E-state index contributed by atoms with van der Waals surface area (Å²) in [5.41, 5.74) is 4.41. The van der Waals surface area contributed by atoms with Crippen molar-refractivity contribution in [2.45, 2.75) is 20.8 Å². The Bertz CT molecular complexity index is 1350. The predicted molar refractivity (Wildman–Crippen MR) is 123 cm³/mol. The summed E-state index contributed by atoms with van der Waals surface area (Å²) in [4.78, 5) is 25.9. The van der Waals surface area contributed by atoms with E-state index in [0.717, 1.165) is 16.7 Å². The van der Waals surface area contributed by atoms with Crippen LogP contribution in [0.1, 0.15) is 27.0 Å². The molecule has 0 fully saturated rings. The Labute approximate surface area is 185 Å². The minimum Gasteiger partial charge on any atom is -0.478 e. The van der Waals surface area contributed by atoms with Gasteiger partial charge in [-0.05, 0) is 79.9 Å². The minimum absolute atomic E-state index is 0.0101. The van der Waals surface area contributed by atoms with Crippen LogP contribution in [0, 0.1) is 20.8 Å². The lowest BCUT2D eigenvalue weighted by Gasteiger charge is -2.12. The summed E-state index contributed by atoms with van der Waals surface area (Å²) in [6, 6.07) is 17.8. The average Bonchev–Trinajstić information content (AvgIpc) is 2.75. The Hall–Kier alpha value is -3.37. The molecule has 4 rings (SSSR count). The Morgan fingerprint density at radius 1 is 0.935 bits per heavy atom. The smallest absolute Gasteiger partial charge is 0.235 e. The van der Waals surface area contributed by atoms with Crippen molar-refractivity contribution in [2.75, 3.05) is 6.61 Å². The van der Waals surface area contributed by atoms with Crippen LogP contribution in [0.3, 0.4) is 0 Å². The van der Waals surface area contributed by atoms with E-state index >= 15 is 0 Å². The molecule has 1 aromatic heterocycles. The van der Waals surface area contributed by atoms with Gasteiger partial charge in [-0.2, -0.15) is 0 Å². The van der Waals surface area contributed by atoms with Crippen LogP contribution in [0.25, 0.3) is 22.3 Å². The summed E-state index contributed by atoms with van der Waals surface area (Å²) < 4.78 is 11.9. The fourth-order valence-electron chi connectivity index (χ4n) is 3.34. The Morgan fingerprint density at radius 3 is 2.39 bits per heavy atom. The molecule has 4 nitrogen and oxygen atoms in total. The third-order valence-corrected chi connectivity index (χ3v) is 5.54. The second-order valence-electron chi connectivity index (χ2n) is 7.61. The Kier molecular flexibility index (Phi) is 5.66. The molecule has 0 bridgehead atoms. The summed E-state index contributed by atoms with van der Waals surface area (Å²) in [5.74, 6) is 0.0667. The van der Waals surface area contributed by atoms with Gasteiger partial charge in [-0.25, -0.2) is 0 Å². The van der Waals surface area contributed by atoms with Gasteiger partial charge in [0.2, 0.25) is 11.2 Å². The van der Waals surface area contributed by atoms with Gasteiger partial charge in [0.25, 0.3) is 0 Å². The highest BCUT2D eigenvalue weighted by molar-refractivity contribution is 6.30. The number of ether oxygens (including phenoxy) is 1. The number of halogens is 1. The number of hydrogen-bond donors (Lipinski definition) is 0. The molecule has 5 heteroatoms. The van der Waals surface area contributed by atoms with Crippen molar-refractivity contribution in [3.05, 3.63) is 98.2 Å². The highest BCUT2D eigenvalue weighted by Gasteiger charge is 2.19. The molecule has 31 heavy (non-hydrogen) atoms. The quantitative estimate of drug-likeness (QED) is 0.347. The zero-order chi connectivity index (χ0) is 22.1. The molecule has 0 atom stereocenters. The fourth-order valence-corrected chi connectivity index (χ4v) is 3.47. The van der Waals surface area contributed by atoms with Crippen molar-refractivity contribution in [2.24, 2.45) is 0 Å². The molecule has 156 valence electrons. The van der Waals surface area contributed by atoms with Crippen molar-refractivity contribution in [1.29, 1.82) is 0 Å². The molecular formula is C26H21ClO4. The number of ketones is 1. The molecule has 0 saturated heterocycles. The molecule has 0 aliphatic carbocycles. The largest absolute Gasteiger partial charge is 0.478 e. The first-order chi connectivity index (χ1) is 14.8. The number of fused-ring (bicyclic) bond motifs is 1. The lowest BCUT2D eigenvalue weighted by molar-refractivity contribution is 0.0920. The number of Topliss-reactive ketones (excluding diaryl/α,β-unsaturated/α-hetero) is 1. The van der Waals surface area contributed by atoms with E-state index < -0.39 is 0 Å². The zero-order valence-corrected chi connectivity index (χ0v) is 18.2. The average molecular weight is 433 g/mol. The van der Waals surface area contributed by atoms with Gasteiger partial charge in [0, 0.05) is 16.1 Å². The van der Waals surface area contributed by atoms with Gasteiger partial charge >= 0.3 is 0 Å². The van der Waals surface area contributed by atoms with Crippen LogP contribution in [-0.2, 0) is 0 Å². The van der Waals surface area contributed by atoms with Gasteiger partial charge in [0.05, 0.1) is 5.39 Å². The minimum atomic E-state index is -0.320. The molecule has 0 N–H and O–H groups in total. The molecule has 0 aliphatic rings. The first kappa shape index (κ1) is 20.9. The van der Waals surface area contributed by atoms with Crippen molar-refractivity contribution in [1.82, 2.24) is 0 Å². The SMILES string of the molecule is Cc1ccc2c(=O)c(OCC(=O)c3ccc(C)c(C)c3)c(-c3ccc(Cl)cc3)oc2c1.